The standard InChI is InChI=1S/C36H28ClNO6.C26H20O6.C10H12ClNO2/c1-2-42-30(39)20-25-17-18-29(28(37)19-25)38-35(40)31-32(36(38)41)34(44-22-24-13-7-4-8-14-24)27-16-10-9-15-26(27)33(31)43-21-23-11-5-3-6-12-23;27-25(28)21-22(26(29)30)24(32-16-18-11-5-2-6-12-18)20-14-8-7-13-19(20)23(21)31-15-17-9-3-1-4-10-17;1-2-14-10(13)6-7-3-4-9(12)8(11)5-7/h3-19H,2,20-22H2,1H3;1-14H,15-16H2,(H,27,28)(H,29,30);3-5H,2,6,12H2,1H3. The molecule has 0 atom stereocenters. The van der Waals surface area contributed by atoms with Gasteiger partial charge in [0.2, 0.25) is 0 Å². The number of nitrogens with two attached hydrogens (primary N) is 1. The van der Waals surface area contributed by atoms with Gasteiger partial charge in [-0.1, -0.05) is 205 Å². The van der Waals surface area contributed by atoms with Crippen LogP contribution < -0.4 is 29.6 Å². The van der Waals surface area contributed by atoms with Crippen molar-refractivity contribution in [2.75, 3.05) is 23.8 Å². The Morgan fingerprint density at radius 2 is 0.722 bits per heavy atom. The van der Waals surface area contributed by atoms with Gasteiger partial charge in [-0.05, 0) is 71.5 Å². The summed E-state index contributed by atoms with van der Waals surface area (Å²) in [6.45, 7) is 4.71. The van der Waals surface area contributed by atoms with E-state index in [2.05, 4.69) is 0 Å². The summed E-state index contributed by atoms with van der Waals surface area (Å²) >= 11 is 12.4. The van der Waals surface area contributed by atoms with Crippen LogP contribution >= 0.6 is 23.2 Å². The predicted molar refractivity (Wildman–Crippen MR) is 344 cm³/mol. The lowest BCUT2D eigenvalue weighted by molar-refractivity contribution is -0.143. The van der Waals surface area contributed by atoms with Gasteiger partial charge in [0.05, 0.1) is 58.6 Å². The van der Waals surface area contributed by atoms with Crippen molar-refractivity contribution in [3.05, 3.63) is 272 Å². The molecule has 90 heavy (non-hydrogen) atoms. The summed E-state index contributed by atoms with van der Waals surface area (Å²) in [4.78, 5) is 77.1. The fourth-order valence-corrected chi connectivity index (χ4v) is 10.4. The second-order valence-corrected chi connectivity index (χ2v) is 21.0. The number of nitrogen functional groups attached to an aromatic ring is 1. The van der Waals surface area contributed by atoms with Crippen molar-refractivity contribution in [1.82, 2.24) is 0 Å². The molecular weight excluding hydrogens is 1190 g/mol. The minimum Gasteiger partial charge on any atom is -0.487 e. The highest BCUT2D eigenvalue weighted by molar-refractivity contribution is 6.42. The Morgan fingerprint density at radius 3 is 1.04 bits per heavy atom. The second-order valence-electron chi connectivity index (χ2n) is 20.2. The number of halogens is 2. The zero-order valence-corrected chi connectivity index (χ0v) is 50.4. The number of benzene rings is 10. The van der Waals surface area contributed by atoms with E-state index in [0.717, 1.165) is 32.7 Å². The maximum atomic E-state index is 14.2. The molecule has 0 aromatic heterocycles. The average Bonchev–Trinajstić information content (AvgIpc) is 1.54. The molecule has 0 unspecified atom stereocenters. The van der Waals surface area contributed by atoms with E-state index in [1.165, 1.54) is 0 Å². The van der Waals surface area contributed by atoms with E-state index >= 15 is 0 Å². The van der Waals surface area contributed by atoms with Gasteiger partial charge in [0, 0.05) is 21.5 Å². The van der Waals surface area contributed by atoms with Crippen LogP contribution in [0.1, 0.15) is 88.7 Å². The second kappa shape index (κ2) is 30.3. The summed E-state index contributed by atoms with van der Waals surface area (Å²) in [5.74, 6) is -4.03. The van der Waals surface area contributed by atoms with E-state index in [-0.39, 0.29) is 85.2 Å². The molecule has 0 spiro atoms. The van der Waals surface area contributed by atoms with Crippen molar-refractivity contribution in [1.29, 1.82) is 0 Å². The van der Waals surface area contributed by atoms with Gasteiger partial charge in [-0.15, -0.1) is 0 Å². The van der Waals surface area contributed by atoms with Crippen LogP contribution in [0.15, 0.2) is 206 Å². The number of carbonyl (C=O) groups excluding carboxylic acids is 4. The highest BCUT2D eigenvalue weighted by Crippen LogP contribution is 2.48. The Kier molecular flexibility index (Phi) is 21.5. The summed E-state index contributed by atoms with van der Waals surface area (Å²) in [6, 6.07) is 61.8. The first-order chi connectivity index (χ1) is 43.6. The number of anilines is 2. The number of carbonyl (C=O) groups is 6. The number of carboxylic acid groups (broad SMARTS) is 2. The fraction of sp³-hybridized carbons (Fsp3) is 0.139. The molecule has 1 aliphatic heterocycles. The molecule has 2 amide bonds. The number of aromatic carboxylic acids is 2. The quantitative estimate of drug-likeness (QED) is 0.0345. The number of imide groups is 1. The number of esters is 2. The zero-order valence-electron chi connectivity index (χ0n) is 48.9. The summed E-state index contributed by atoms with van der Waals surface area (Å²) in [7, 11) is 0. The minimum atomic E-state index is -1.40. The lowest BCUT2D eigenvalue weighted by Gasteiger charge is -2.19. The van der Waals surface area contributed by atoms with Gasteiger partial charge in [0.25, 0.3) is 11.8 Å². The third kappa shape index (κ3) is 15.3. The zero-order chi connectivity index (χ0) is 63.7. The molecule has 0 bridgehead atoms. The highest BCUT2D eigenvalue weighted by atomic mass is 35.5. The van der Waals surface area contributed by atoms with Crippen molar-refractivity contribution in [3.8, 4) is 23.0 Å². The third-order valence-electron chi connectivity index (χ3n) is 14.0. The van der Waals surface area contributed by atoms with Crippen LogP contribution in [0, 0.1) is 0 Å². The van der Waals surface area contributed by atoms with Crippen molar-refractivity contribution in [3.63, 3.8) is 0 Å². The molecular formula is C72H60Cl2N2O14. The molecule has 456 valence electrons. The number of fused-ring (bicyclic) bond motifs is 3. The lowest BCUT2D eigenvalue weighted by Crippen LogP contribution is -2.29. The first-order valence-electron chi connectivity index (χ1n) is 28.5. The molecule has 18 heteroatoms. The van der Waals surface area contributed by atoms with Crippen LogP contribution in [-0.4, -0.2) is 59.1 Å². The molecule has 1 heterocycles. The van der Waals surface area contributed by atoms with Gasteiger partial charge >= 0.3 is 23.9 Å². The minimum absolute atomic E-state index is 0.00131. The highest BCUT2D eigenvalue weighted by Gasteiger charge is 2.44. The molecule has 0 radical (unpaired) electrons. The van der Waals surface area contributed by atoms with E-state index in [1.807, 2.05) is 146 Å². The summed E-state index contributed by atoms with van der Waals surface area (Å²) in [6.07, 6.45) is 0.240. The Labute approximate surface area is 528 Å². The van der Waals surface area contributed by atoms with Crippen LogP contribution in [0.5, 0.6) is 23.0 Å². The van der Waals surface area contributed by atoms with Gasteiger partial charge < -0.3 is 44.4 Å². The topological polar surface area (TPSA) is 228 Å². The Hall–Kier alpha value is -10.7. The van der Waals surface area contributed by atoms with Crippen molar-refractivity contribution >= 4 is 91.8 Å². The number of hydrogen-bond acceptors (Lipinski definition) is 13. The van der Waals surface area contributed by atoms with Crippen LogP contribution in [0.4, 0.5) is 11.4 Å². The van der Waals surface area contributed by atoms with Crippen LogP contribution in [0.2, 0.25) is 10.0 Å². The van der Waals surface area contributed by atoms with E-state index < -0.39 is 40.8 Å². The van der Waals surface area contributed by atoms with Gasteiger partial charge in [-0.25, -0.2) is 14.5 Å². The van der Waals surface area contributed by atoms with Gasteiger partial charge in [0.15, 0.2) is 0 Å². The first kappa shape index (κ1) is 63.8. The lowest BCUT2D eigenvalue weighted by atomic mass is 9.97. The molecule has 4 N–H and O–H groups in total. The van der Waals surface area contributed by atoms with Gasteiger partial charge in [-0.2, -0.15) is 0 Å². The number of carboxylic acids is 2. The number of ether oxygens (including phenoxy) is 6. The molecule has 0 saturated heterocycles. The number of amides is 2. The molecule has 0 saturated carbocycles. The maximum Gasteiger partial charge on any atom is 0.340 e. The number of hydrogen-bond donors (Lipinski definition) is 3. The number of rotatable bonds is 21. The third-order valence-corrected chi connectivity index (χ3v) is 14.7. The summed E-state index contributed by atoms with van der Waals surface area (Å²) in [5.41, 5.74) is 10.5. The fourth-order valence-electron chi connectivity index (χ4n) is 9.90. The summed E-state index contributed by atoms with van der Waals surface area (Å²) < 4.78 is 34.3. The predicted octanol–water partition coefficient (Wildman–Crippen LogP) is 15.0. The van der Waals surface area contributed by atoms with Crippen molar-refractivity contribution in [2.45, 2.75) is 53.1 Å². The van der Waals surface area contributed by atoms with E-state index in [4.69, 9.17) is 57.4 Å². The van der Waals surface area contributed by atoms with Crippen LogP contribution in [0.25, 0.3) is 21.5 Å². The first-order valence-corrected chi connectivity index (χ1v) is 29.2. The molecule has 10 aromatic carbocycles. The van der Waals surface area contributed by atoms with Crippen LogP contribution in [0.3, 0.4) is 0 Å². The van der Waals surface area contributed by atoms with Crippen molar-refractivity contribution in [2.24, 2.45) is 0 Å². The SMILES string of the molecule is CCOC(=O)Cc1ccc(N)c(Cl)c1.CCOC(=O)Cc1ccc(N2C(=O)c3c(c(OCc4ccccc4)c4ccccc4c3OCc3ccccc3)C2=O)c(Cl)c1.O=C(O)c1c(C(=O)O)c(OCc2ccccc2)c2ccccc2c1OCc1ccccc1. The molecule has 11 rings (SSSR count). The Bertz CT molecular complexity index is 4040. The smallest absolute Gasteiger partial charge is 0.340 e. The van der Waals surface area contributed by atoms with Gasteiger partial charge in [0.1, 0.15) is 60.6 Å². The summed E-state index contributed by atoms with van der Waals surface area (Å²) in [5, 5.41) is 22.8. The molecule has 10 aromatic rings. The maximum absolute atomic E-state index is 14.2. The average molecular weight is 1250 g/mol. The molecule has 0 aliphatic carbocycles. The molecule has 16 nitrogen and oxygen atoms in total. The van der Waals surface area contributed by atoms with Crippen molar-refractivity contribution < 1.29 is 67.4 Å². The monoisotopic (exact) mass is 1250 g/mol. The Morgan fingerprint density at radius 1 is 0.411 bits per heavy atom. The number of nitrogens with zero attached hydrogens (tertiary/aromatic N) is 1. The molecule has 0 fully saturated rings. The van der Waals surface area contributed by atoms with Gasteiger partial charge in [-0.3, -0.25) is 19.2 Å². The van der Waals surface area contributed by atoms with E-state index in [1.54, 1.807) is 74.5 Å². The van der Waals surface area contributed by atoms with E-state index in [0.29, 0.717) is 55.9 Å². The normalized spacial score (nSPS) is 11.4. The molecule has 1 aliphatic rings. The van der Waals surface area contributed by atoms with E-state index in [9.17, 15) is 39.0 Å². The van der Waals surface area contributed by atoms with Crippen LogP contribution in [-0.2, 0) is 58.3 Å². The Balaban J connectivity index is 0.000000182. The largest absolute Gasteiger partial charge is 0.487 e.